The van der Waals surface area contributed by atoms with Crippen molar-refractivity contribution in [3.8, 4) is 0 Å². The summed E-state index contributed by atoms with van der Waals surface area (Å²) in [6.45, 7) is 1.48. The normalized spacial score (nSPS) is 10.9. The van der Waals surface area contributed by atoms with E-state index in [1.54, 1.807) is 6.20 Å². The number of primary amides is 1. The molecule has 6 nitrogen and oxygen atoms in total. The summed E-state index contributed by atoms with van der Waals surface area (Å²) < 4.78 is 1.53. The molecule has 1 heterocycles. The molecule has 0 aliphatic carbocycles. The van der Waals surface area contributed by atoms with Gasteiger partial charge >= 0.3 is 6.03 Å². The summed E-state index contributed by atoms with van der Waals surface area (Å²) in [5, 5.41) is 4.57. The van der Waals surface area contributed by atoms with Gasteiger partial charge in [-0.05, 0) is 6.07 Å². The predicted octanol–water partition coefficient (Wildman–Crippen LogP) is 1.30. The van der Waals surface area contributed by atoms with Crippen molar-refractivity contribution in [1.29, 1.82) is 0 Å². The van der Waals surface area contributed by atoms with Gasteiger partial charge in [-0.3, -0.25) is 9.36 Å². The molecule has 0 saturated carbocycles. The second kappa shape index (κ2) is 4.70. The number of para-hydroxylation sites is 1. The lowest BCUT2D eigenvalue weighted by molar-refractivity contribution is 0.0941. The highest BCUT2D eigenvalue weighted by Gasteiger charge is 2.08. The number of benzene rings is 1. The number of hydrazone groups is 1. The van der Waals surface area contributed by atoms with Crippen LogP contribution in [0.25, 0.3) is 10.9 Å². The molecule has 2 amide bonds. The van der Waals surface area contributed by atoms with Crippen molar-refractivity contribution in [2.45, 2.75) is 6.92 Å². The van der Waals surface area contributed by atoms with Crippen LogP contribution in [0, 0.1) is 0 Å². The molecule has 3 N–H and O–H groups in total. The minimum atomic E-state index is -0.735. The molecule has 0 atom stereocenters. The van der Waals surface area contributed by atoms with Crippen molar-refractivity contribution in [3.05, 3.63) is 36.0 Å². The fourth-order valence-electron chi connectivity index (χ4n) is 1.73. The summed E-state index contributed by atoms with van der Waals surface area (Å²) in [6, 6.07) is 6.70. The number of hydrogen-bond acceptors (Lipinski definition) is 3. The summed E-state index contributed by atoms with van der Waals surface area (Å²) in [7, 11) is 0. The first-order valence-corrected chi connectivity index (χ1v) is 5.29. The quantitative estimate of drug-likeness (QED) is 0.616. The molecular weight excluding hydrogens is 232 g/mol. The number of carbonyl (C=O) groups excluding carboxylic acids is 2. The van der Waals surface area contributed by atoms with Crippen LogP contribution >= 0.6 is 0 Å². The Morgan fingerprint density at radius 3 is 2.78 bits per heavy atom. The van der Waals surface area contributed by atoms with E-state index in [0.717, 1.165) is 16.5 Å². The number of aromatic nitrogens is 1. The zero-order valence-corrected chi connectivity index (χ0v) is 9.75. The van der Waals surface area contributed by atoms with E-state index in [2.05, 4.69) is 10.5 Å². The van der Waals surface area contributed by atoms with Crippen LogP contribution in [0.1, 0.15) is 17.3 Å². The average molecular weight is 244 g/mol. The van der Waals surface area contributed by atoms with Gasteiger partial charge in [-0.15, -0.1) is 0 Å². The molecule has 0 radical (unpaired) electrons. The number of rotatable bonds is 2. The number of amides is 2. The Morgan fingerprint density at radius 2 is 2.11 bits per heavy atom. The summed E-state index contributed by atoms with van der Waals surface area (Å²) in [5.41, 5.74) is 8.54. The first kappa shape index (κ1) is 11.8. The molecule has 0 aliphatic rings. The van der Waals surface area contributed by atoms with E-state index in [0.29, 0.717) is 0 Å². The second-order valence-corrected chi connectivity index (χ2v) is 3.72. The molecule has 0 aliphatic heterocycles. The number of nitrogens with zero attached hydrogens (tertiary/aromatic N) is 2. The molecule has 2 rings (SSSR count). The van der Waals surface area contributed by atoms with E-state index < -0.39 is 6.03 Å². The fourth-order valence-corrected chi connectivity index (χ4v) is 1.73. The van der Waals surface area contributed by atoms with E-state index in [9.17, 15) is 9.59 Å². The number of carbonyl (C=O) groups is 2. The van der Waals surface area contributed by atoms with E-state index >= 15 is 0 Å². The maximum absolute atomic E-state index is 11.5. The molecule has 2 aromatic rings. The Kier molecular flexibility index (Phi) is 3.09. The van der Waals surface area contributed by atoms with Crippen LogP contribution in [0.2, 0.25) is 0 Å². The molecule has 92 valence electrons. The third kappa shape index (κ3) is 2.22. The Hall–Kier alpha value is -2.63. The zero-order chi connectivity index (χ0) is 13.1. The van der Waals surface area contributed by atoms with Gasteiger partial charge in [0, 0.05) is 24.1 Å². The molecule has 1 aromatic carbocycles. The van der Waals surface area contributed by atoms with E-state index in [1.807, 2.05) is 24.3 Å². The van der Waals surface area contributed by atoms with Gasteiger partial charge in [-0.25, -0.2) is 10.2 Å². The Bertz CT molecular complexity index is 643. The zero-order valence-electron chi connectivity index (χ0n) is 9.75. The number of urea groups is 1. The standard InChI is InChI=1S/C12H12N4O2/c1-8(17)16-7-9(6-14-15-12(13)18)10-4-2-3-5-11(10)16/h2-7H,1H3,(H3,13,15,18)/b14-6+. The molecular formula is C12H12N4O2. The van der Waals surface area contributed by atoms with Crippen molar-refractivity contribution in [2.24, 2.45) is 10.8 Å². The predicted molar refractivity (Wildman–Crippen MR) is 68.6 cm³/mol. The van der Waals surface area contributed by atoms with Gasteiger partial charge in [0.15, 0.2) is 0 Å². The highest BCUT2D eigenvalue weighted by atomic mass is 16.2. The van der Waals surface area contributed by atoms with E-state index in [4.69, 9.17) is 5.73 Å². The highest BCUT2D eigenvalue weighted by molar-refractivity contribution is 6.03. The Labute approximate surface area is 103 Å². The molecule has 1 aromatic heterocycles. The molecule has 0 spiro atoms. The van der Waals surface area contributed by atoms with Gasteiger partial charge in [-0.1, -0.05) is 18.2 Å². The summed E-state index contributed by atoms with van der Waals surface area (Å²) >= 11 is 0. The van der Waals surface area contributed by atoms with Crippen LogP contribution in [0.4, 0.5) is 4.79 Å². The van der Waals surface area contributed by atoms with Gasteiger partial charge in [0.25, 0.3) is 0 Å². The van der Waals surface area contributed by atoms with Crippen molar-refractivity contribution in [1.82, 2.24) is 9.99 Å². The minimum absolute atomic E-state index is 0.0892. The van der Waals surface area contributed by atoms with Gasteiger partial charge in [0.1, 0.15) is 0 Å². The molecule has 18 heavy (non-hydrogen) atoms. The number of hydrogen-bond donors (Lipinski definition) is 2. The smallest absolute Gasteiger partial charge is 0.332 e. The molecule has 0 saturated heterocycles. The van der Waals surface area contributed by atoms with Crippen LogP contribution < -0.4 is 11.2 Å². The first-order valence-electron chi connectivity index (χ1n) is 5.29. The Balaban J connectivity index is 2.48. The van der Waals surface area contributed by atoms with Crippen molar-refractivity contribution in [3.63, 3.8) is 0 Å². The summed E-state index contributed by atoms with van der Waals surface area (Å²) in [5.74, 6) is -0.0892. The van der Waals surface area contributed by atoms with Crippen LogP contribution in [0.5, 0.6) is 0 Å². The van der Waals surface area contributed by atoms with E-state index in [1.165, 1.54) is 17.7 Å². The van der Waals surface area contributed by atoms with Crippen LogP contribution in [-0.2, 0) is 0 Å². The number of nitrogens with one attached hydrogen (secondary N) is 1. The molecule has 0 fully saturated rings. The summed E-state index contributed by atoms with van der Waals surface area (Å²) in [4.78, 5) is 22.0. The maximum Gasteiger partial charge on any atom is 0.332 e. The molecule has 0 unspecified atom stereocenters. The summed E-state index contributed by atoms with van der Waals surface area (Å²) in [6.07, 6.45) is 3.12. The van der Waals surface area contributed by atoms with Crippen LogP contribution in [-0.4, -0.2) is 22.7 Å². The lowest BCUT2D eigenvalue weighted by atomic mass is 10.2. The lowest BCUT2D eigenvalue weighted by Gasteiger charge is -1.96. The highest BCUT2D eigenvalue weighted by Crippen LogP contribution is 2.19. The molecule has 0 bridgehead atoms. The fraction of sp³-hybridized carbons (Fsp3) is 0.0833. The average Bonchev–Trinajstić information content (AvgIpc) is 2.68. The Morgan fingerprint density at radius 1 is 1.39 bits per heavy atom. The van der Waals surface area contributed by atoms with Crippen LogP contribution in [0.15, 0.2) is 35.6 Å². The van der Waals surface area contributed by atoms with Crippen molar-refractivity contribution in [2.75, 3.05) is 0 Å². The number of fused-ring (bicyclic) bond motifs is 1. The van der Waals surface area contributed by atoms with Crippen molar-refractivity contribution < 1.29 is 9.59 Å². The monoisotopic (exact) mass is 244 g/mol. The van der Waals surface area contributed by atoms with Gasteiger partial charge in [0.05, 0.1) is 11.7 Å². The maximum atomic E-state index is 11.5. The molecule has 6 heteroatoms. The third-order valence-corrected chi connectivity index (χ3v) is 2.46. The SMILES string of the molecule is CC(=O)n1cc(/C=N/NC(N)=O)c2ccccc21. The minimum Gasteiger partial charge on any atom is -0.350 e. The van der Waals surface area contributed by atoms with Gasteiger partial charge in [-0.2, -0.15) is 5.10 Å². The largest absolute Gasteiger partial charge is 0.350 e. The van der Waals surface area contributed by atoms with Crippen molar-refractivity contribution >= 4 is 29.1 Å². The third-order valence-electron chi connectivity index (χ3n) is 2.46. The number of nitrogens with two attached hydrogens (primary N) is 1. The first-order chi connectivity index (χ1) is 8.59. The van der Waals surface area contributed by atoms with Gasteiger partial charge in [0.2, 0.25) is 5.91 Å². The lowest BCUT2D eigenvalue weighted by Crippen LogP contribution is -2.24. The van der Waals surface area contributed by atoms with Crippen LogP contribution in [0.3, 0.4) is 0 Å². The topological polar surface area (TPSA) is 89.5 Å². The van der Waals surface area contributed by atoms with E-state index in [-0.39, 0.29) is 5.91 Å². The second-order valence-electron chi connectivity index (χ2n) is 3.72. The van der Waals surface area contributed by atoms with Gasteiger partial charge < -0.3 is 5.73 Å².